The van der Waals surface area contributed by atoms with E-state index in [9.17, 15) is 24.8 Å². The molecule has 5 unspecified atom stereocenters. The molecule has 8 heteroatoms. The second-order valence-electron chi connectivity index (χ2n) is 7.29. The maximum Gasteiger partial charge on any atom is 0.231 e. The van der Waals surface area contributed by atoms with Crippen molar-refractivity contribution >= 4 is 0 Å². The van der Waals surface area contributed by atoms with Crippen LogP contribution in [-0.4, -0.2) is 64.3 Å². The van der Waals surface area contributed by atoms with E-state index in [1.165, 1.54) is 26.2 Å². The Labute approximate surface area is 167 Å². The number of benzene rings is 2. The summed E-state index contributed by atoms with van der Waals surface area (Å²) >= 11 is 0. The monoisotopic (exact) mass is 408 g/mol. The van der Waals surface area contributed by atoms with E-state index in [0.717, 1.165) is 5.56 Å². The summed E-state index contributed by atoms with van der Waals surface area (Å²) in [4.78, 5) is 0. The second-order valence-corrected chi connectivity index (χ2v) is 7.29. The number of halogens is 1. The first-order valence-corrected chi connectivity index (χ1v) is 9.15. The Morgan fingerprint density at radius 3 is 2.48 bits per heavy atom. The van der Waals surface area contributed by atoms with Gasteiger partial charge in [0.1, 0.15) is 35.6 Å². The Bertz CT molecular complexity index is 870. The SMILES string of the molecule is COc1cc(F)ccc1-c1ccc(OC2OC(CO)C(O)C(O)C2(C)O)c(C)c1. The summed E-state index contributed by atoms with van der Waals surface area (Å²) in [6, 6.07) is 9.44. The molecule has 158 valence electrons. The van der Waals surface area contributed by atoms with Gasteiger partial charge in [0.25, 0.3) is 0 Å². The first kappa shape index (κ1) is 21.5. The lowest BCUT2D eigenvalue weighted by molar-refractivity contribution is -0.314. The van der Waals surface area contributed by atoms with Crippen molar-refractivity contribution in [3.63, 3.8) is 0 Å². The minimum absolute atomic E-state index is 0.375. The highest BCUT2D eigenvalue weighted by atomic mass is 19.1. The van der Waals surface area contributed by atoms with E-state index in [1.54, 1.807) is 31.2 Å². The first-order chi connectivity index (χ1) is 13.7. The molecule has 4 N–H and O–H groups in total. The van der Waals surface area contributed by atoms with E-state index in [4.69, 9.17) is 14.2 Å². The van der Waals surface area contributed by atoms with Crippen LogP contribution in [0.15, 0.2) is 36.4 Å². The molecule has 0 amide bonds. The van der Waals surface area contributed by atoms with Gasteiger partial charge in [-0.1, -0.05) is 6.07 Å². The summed E-state index contributed by atoms with van der Waals surface area (Å²) in [7, 11) is 1.46. The number of methoxy groups -OCH3 is 1. The molecular weight excluding hydrogens is 383 g/mol. The molecule has 0 bridgehead atoms. The van der Waals surface area contributed by atoms with E-state index in [2.05, 4.69) is 0 Å². The van der Waals surface area contributed by atoms with E-state index in [-0.39, 0.29) is 0 Å². The molecule has 1 saturated heterocycles. The van der Waals surface area contributed by atoms with Crippen molar-refractivity contribution in [1.82, 2.24) is 0 Å². The first-order valence-electron chi connectivity index (χ1n) is 9.15. The highest BCUT2D eigenvalue weighted by Gasteiger charge is 2.53. The summed E-state index contributed by atoms with van der Waals surface area (Å²) in [5.74, 6) is 0.359. The van der Waals surface area contributed by atoms with Crippen LogP contribution in [0, 0.1) is 12.7 Å². The molecule has 7 nitrogen and oxygen atoms in total. The average molecular weight is 408 g/mol. The van der Waals surface area contributed by atoms with Crippen molar-refractivity contribution in [1.29, 1.82) is 0 Å². The van der Waals surface area contributed by atoms with Crippen molar-refractivity contribution in [2.24, 2.45) is 0 Å². The molecule has 1 aliphatic heterocycles. The number of hydrogen-bond donors (Lipinski definition) is 4. The third-order valence-corrected chi connectivity index (χ3v) is 5.14. The molecule has 5 atom stereocenters. The molecule has 1 aliphatic rings. The van der Waals surface area contributed by atoms with Crippen LogP contribution in [0.3, 0.4) is 0 Å². The molecule has 2 aromatic carbocycles. The fraction of sp³-hybridized carbons (Fsp3) is 0.429. The van der Waals surface area contributed by atoms with Crippen LogP contribution in [0.4, 0.5) is 4.39 Å². The van der Waals surface area contributed by atoms with Crippen LogP contribution in [0.5, 0.6) is 11.5 Å². The number of rotatable bonds is 5. The predicted molar refractivity (Wildman–Crippen MR) is 102 cm³/mol. The third-order valence-electron chi connectivity index (χ3n) is 5.14. The van der Waals surface area contributed by atoms with Gasteiger partial charge in [0.2, 0.25) is 6.29 Å². The zero-order valence-corrected chi connectivity index (χ0v) is 16.4. The van der Waals surface area contributed by atoms with Gasteiger partial charge >= 0.3 is 0 Å². The zero-order valence-electron chi connectivity index (χ0n) is 16.4. The van der Waals surface area contributed by atoms with Crippen molar-refractivity contribution < 1.29 is 39.0 Å². The summed E-state index contributed by atoms with van der Waals surface area (Å²) < 4.78 is 29.9. The maximum absolute atomic E-state index is 13.5. The van der Waals surface area contributed by atoms with E-state index in [0.29, 0.717) is 22.6 Å². The van der Waals surface area contributed by atoms with Gasteiger partial charge in [-0.05, 0) is 49.2 Å². The number of aryl methyl sites for hydroxylation is 1. The molecule has 1 heterocycles. The molecular formula is C21H25FO7. The van der Waals surface area contributed by atoms with Crippen molar-refractivity contribution in [3.8, 4) is 22.6 Å². The number of ether oxygens (including phenoxy) is 3. The molecule has 0 saturated carbocycles. The van der Waals surface area contributed by atoms with Gasteiger partial charge in [0.15, 0.2) is 5.60 Å². The normalized spacial score (nSPS) is 29.5. The minimum atomic E-state index is -1.91. The lowest BCUT2D eigenvalue weighted by Crippen LogP contribution is -2.66. The molecule has 0 aromatic heterocycles. The Balaban J connectivity index is 1.88. The number of aliphatic hydroxyl groups is 4. The molecule has 1 fully saturated rings. The highest BCUT2D eigenvalue weighted by Crippen LogP contribution is 2.36. The van der Waals surface area contributed by atoms with Crippen LogP contribution in [0.2, 0.25) is 0 Å². The molecule has 0 radical (unpaired) electrons. The van der Waals surface area contributed by atoms with Crippen molar-refractivity contribution in [3.05, 3.63) is 47.8 Å². The zero-order chi connectivity index (χ0) is 21.3. The topological polar surface area (TPSA) is 109 Å². The minimum Gasteiger partial charge on any atom is -0.496 e. The van der Waals surface area contributed by atoms with Crippen LogP contribution >= 0.6 is 0 Å². The van der Waals surface area contributed by atoms with Gasteiger partial charge in [-0.2, -0.15) is 0 Å². The molecule has 2 aromatic rings. The second kappa shape index (κ2) is 8.25. The van der Waals surface area contributed by atoms with Crippen LogP contribution in [0.1, 0.15) is 12.5 Å². The van der Waals surface area contributed by atoms with E-state index in [1.807, 2.05) is 0 Å². The fourth-order valence-electron chi connectivity index (χ4n) is 3.33. The van der Waals surface area contributed by atoms with Crippen molar-refractivity contribution in [2.75, 3.05) is 13.7 Å². The van der Waals surface area contributed by atoms with E-state index < -0.39 is 42.6 Å². The van der Waals surface area contributed by atoms with Gasteiger partial charge in [0.05, 0.1) is 13.7 Å². The molecule has 29 heavy (non-hydrogen) atoms. The standard InChI is InChI=1S/C21H25FO7/c1-11-8-12(14-6-5-13(22)9-16(14)27-3)4-7-15(11)28-20-21(2,26)19(25)18(24)17(10-23)29-20/h4-9,17-20,23-26H,10H2,1-3H3. The summed E-state index contributed by atoms with van der Waals surface area (Å²) in [5.41, 5.74) is 0.251. The van der Waals surface area contributed by atoms with Crippen LogP contribution in [-0.2, 0) is 4.74 Å². The predicted octanol–water partition coefficient (Wildman–Crippen LogP) is 1.38. The lowest BCUT2D eigenvalue weighted by atomic mass is 9.88. The summed E-state index contributed by atoms with van der Waals surface area (Å²) in [5, 5.41) is 40.1. The molecule has 0 spiro atoms. The smallest absolute Gasteiger partial charge is 0.231 e. The van der Waals surface area contributed by atoms with Gasteiger partial charge in [-0.15, -0.1) is 0 Å². The van der Waals surface area contributed by atoms with Crippen molar-refractivity contribution in [2.45, 2.75) is 44.1 Å². The summed E-state index contributed by atoms with van der Waals surface area (Å²) in [6.45, 7) is 2.52. The van der Waals surface area contributed by atoms with Gasteiger partial charge in [0, 0.05) is 11.6 Å². The molecule has 3 rings (SSSR count). The number of hydrogen-bond acceptors (Lipinski definition) is 7. The van der Waals surface area contributed by atoms with Gasteiger partial charge in [-0.3, -0.25) is 0 Å². The highest BCUT2D eigenvalue weighted by molar-refractivity contribution is 5.71. The van der Waals surface area contributed by atoms with E-state index >= 15 is 0 Å². The Hall–Kier alpha value is -2.23. The average Bonchev–Trinajstić information content (AvgIpc) is 2.69. The Morgan fingerprint density at radius 2 is 1.86 bits per heavy atom. The van der Waals surface area contributed by atoms with Gasteiger partial charge < -0.3 is 34.6 Å². The van der Waals surface area contributed by atoms with Crippen LogP contribution < -0.4 is 9.47 Å². The Morgan fingerprint density at radius 1 is 1.14 bits per heavy atom. The third kappa shape index (κ3) is 4.08. The fourth-order valence-corrected chi connectivity index (χ4v) is 3.33. The molecule has 0 aliphatic carbocycles. The lowest BCUT2D eigenvalue weighted by Gasteiger charge is -2.45. The summed E-state index contributed by atoms with van der Waals surface area (Å²) in [6.07, 6.45) is -5.44. The quantitative estimate of drug-likeness (QED) is 0.592. The van der Waals surface area contributed by atoms with Gasteiger partial charge in [-0.25, -0.2) is 4.39 Å². The largest absolute Gasteiger partial charge is 0.496 e. The van der Waals surface area contributed by atoms with Crippen LogP contribution in [0.25, 0.3) is 11.1 Å². The number of aliphatic hydroxyl groups excluding tert-OH is 3. The maximum atomic E-state index is 13.5. The Kier molecular flexibility index (Phi) is 6.11.